The SMILES string of the molecule is CC(C)(C)C1CC(Oc2ccc(-c3n[nH]c4ccc(NC(=O)C(c5ccsc5)N5CCCC5)cc34)cc2)CCN1C(=O)O. The van der Waals surface area contributed by atoms with E-state index in [1.807, 2.05) is 53.9 Å². The molecule has 0 bridgehead atoms. The van der Waals surface area contributed by atoms with Gasteiger partial charge < -0.3 is 20.1 Å². The van der Waals surface area contributed by atoms with Crippen molar-refractivity contribution in [3.05, 3.63) is 64.9 Å². The lowest BCUT2D eigenvalue weighted by Gasteiger charge is -2.44. The van der Waals surface area contributed by atoms with Gasteiger partial charge in [-0.25, -0.2) is 4.79 Å². The Morgan fingerprint density at radius 1 is 1.09 bits per heavy atom. The fourth-order valence-electron chi connectivity index (χ4n) is 6.45. The van der Waals surface area contributed by atoms with Gasteiger partial charge in [-0.2, -0.15) is 16.4 Å². The largest absolute Gasteiger partial charge is 0.490 e. The van der Waals surface area contributed by atoms with Gasteiger partial charge >= 0.3 is 6.09 Å². The molecule has 0 spiro atoms. The van der Waals surface area contributed by atoms with Gasteiger partial charge in [0.25, 0.3) is 0 Å². The zero-order valence-corrected chi connectivity index (χ0v) is 25.7. The standard InChI is InChI=1S/C33H39N5O4S/c1-33(2,3)28-19-25(12-16-38(28)32(40)41)42-24-9-6-21(7-10-24)29-26-18-23(8-11-27(26)35-36-29)34-31(39)30(22-13-17-43-20-22)37-14-4-5-15-37/h6-11,13,17-18,20,25,28,30H,4-5,12,14-16,19H2,1-3H3,(H,34,39)(H,35,36)(H,40,41). The van der Waals surface area contributed by atoms with Gasteiger partial charge in [0.15, 0.2) is 0 Å². The van der Waals surface area contributed by atoms with Crippen molar-refractivity contribution in [3.8, 4) is 17.0 Å². The number of likely N-dealkylation sites (tertiary alicyclic amines) is 2. The molecule has 2 aliphatic rings. The number of thiophene rings is 1. The van der Waals surface area contributed by atoms with E-state index in [1.54, 1.807) is 16.2 Å². The summed E-state index contributed by atoms with van der Waals surface area (Å²) in [5, 5.41) is 25.6. The minimum atomic E-state index is -0.870. The van der Waals surface area contributed by atoms with Crippen LogP contribution in [0.2, 0.25) is 0 Å². The molecule has 2 amide bonds. The van der Waals surface area contributed by atoms with Crippen LogP contribution in [0.3, 0.4) is 0 Å². The highest BCUT2D eigenvalue weighted by Gasteiger charge is 2.39. The summed E-state index contributed by atoms with van der Waals surface area (Å²) in [6, 6.07) is 15.3. The van der Waals surface area contributed by atoms with Crippen molar-refractivity contribution in [3.63, 3.8) is 0 Å². The first kappa shape index (κ1) is 29.2. The summed E-state index contributed by atoms with van der Waals surface area (Å²) in [4.78, 5) is 29.1. The molecular formula is C33H39N5O4S. The molecule has 0 aliphatic carbocycles. The molecule has 4 heterocycles. The lowest BCUT2D eigenvalue weighted by molar-refractivity contribution is -0.121. The lowest BCUT2D eigenvalue weighted by atomic mass is 9.80. The maximum Gasteiger partial charge on any atom is 0.407 e. The minimum Gasteiger partial charge on any atom is -0.490 e. The quantitative estimate of drug-likeness (QED) is 0.210. The van der Waals surface area contributed by atoms with Gasteiger partial charge in [-0.15, -0.1) is 0 Å². The van der Waals surface area contributed by atoms with E-state index in [2.05, 4.69) is 46.6 Å². The summed E-state index contributed by atoms with van der Waals surface area (Å²) < 4.78 is 6.33. The molecular weight excluding hydrogens is 562 g/mol. The summed E-state index contributed by atoms with van der Waals surface area (Å²) in [7, 11) is 0. The zero-order valence-electron chi connectivity index (χ0n) is 24.9. The topological polar surface area (TPSA) is 111 Å². The molecule has 2 fully saturated rings. The summed E-state index contributed by atoms with van der Waals surface area (Å²) in [5.41, 5.74) is 4.22. The average Bonchev–Trinajstić information content (AvgIpc) is 3.76. The molecule has 9 nitrogen and oxygen atoms in total. The van der Waals surface area contributed by atoms with E-state index in [0.717, 1.165) is 65.1 Å². The number of anilines is 1. The second-order valence-electron chi connectivity index (χ2n) is 12.7. The number of carbonyl (C=O) groups is 2. The van der Waals surface area contributed by atoms with Crippen LogP contribution in [-0.2, 0) is 4.79 Å². The average molecular weight is 602 g/mol. The molecule has 0 radical (unpaired) electrons. The number of fused-ring (bicyclic) bond motifs is 1. The summed E-state index contributed by atoms with van der Waals surface area (Å²) in [6.07, 6.45) is 2.62. The van der Waals surface area contributed by atoms with Gasteiger partial charge in [-0.1, -0.05) is 20.8 Å². The van der Waals surface area contributed by atoms with Gasteiger partial charge in [-0.05, 0) is 96.2 Å². The fraction of sp³-hybridized carbons (Fsp3) is 0.424. The summed E-state index contributed by atoms with van der Waals surface area (Å²) in [6.45, 7) is 8.54. The highest BCUT2D eigenvalue weighted by atomic mass is 32.1. The number of H-pyrrole nitrogens is 1. The Balaban J connectivity index is 1.17. The molecule has 3 N–H and O–H groups in total. The summed E-state index contributed by atoms with van der Waals surface area (Å²) >= 11 is 1.61. The Morgan fingerprint density at radius 3 is 2.53 bits per heavy atom. The Kier molecular flexibility index (Phi) is 8.15. The highest BCUT2D eigenvalue weighted by Crippen LogP contribution is 2.35. The predicted octanol–water partition coefficient (Wildman–Crippen LogP) is 7.00. The van der Waals surface area contributed by atoms with Crippen molar-refractivity contribution >= 4 is 39.9 Å². The van der Waals surface area contributed by atoms with Crippen LogP contribution in [0.5, 0.6) is 5.75 Å². The van der Waals surface area contributed by atoms with Crippen LogP contribution in [-0.4, -0.2) is 68.9 Å². The first-order chi connectivity index (χ1) is 20.7. The Labute approximate surface area is 255 Å². The maximum atomic E-state index is 13.5. The molecule has 0 saturated carbocycles. The van der Waals surface area contributed by atoms with Crippen molar-refractivity contribution in [1.82, 2.24) is 20.0 Å². The van der Waals surface area contributed by atoms with Gasteiger partial charge in [0.05, 0.1) is 11.2 Å². The summed E-state index contributed by atoms with van der Waals surface area (Å²) in [5.74, 6) is 0.730. The van der Waals surface area contributed by atoms with Crippen molar-refractivity contribution in [1.29, 1.82) is 0 Å². The van der Waals surface area contributed by atoms with Crippen molar-refractivity contribution < 1.29 is 19.4 Å². The van der Waals surface area contributed by atoms with E-state index < -0.39 is 6.09 Å². The van der Waals surface area contributed by atoms with E-state index in [1.165, 1.54) is 0 Å². The van der Waals surface area contributed by atoms with Crippen LogP contribution in [0.4, 0.5) is 10.5 Å². The first-order valence-corrected chi connectivity index (χ1v) is 15.9. The molecule has 226 valence electrons. The third kappa shape index (κ3) is 6.26. The van der Waals surface area contributed by atoms with E-state index in [-0.39, 0.29) is 29.5 Å². The van der Waals surface area contributed by atoms with E-state index >= 15 is 0 Å². The number of carboxylic acid groups (broad SMARTS) is 1. The minimum absolute atomic E-state index is 0.0194. The fourth-order valence-corrected chi connectivity index (χ4v) is 7.13. The van der Waals surface area contributed by atoms with Gasteiger partial charge in [0.2, 0.25) is 5.91 Å². The molecule has 3 atom stereocenters. The number of rotatable bonds is 7. The number of aromatic amines is 1. The molecule has 6 rings (SSSR count). The molecule has 4 aromatic rings. The number of hydrogen-bond acceptors (Lipinski definition) is 6. The normalized spacial score (nSPS) is 20.3. The zero-order chi connectivity index (χ0) is 30.1. The number of carbonyl (C=O) groups excluding carboxylic acids is 1. The van der Waals surface area contributed by atoms with Crippen molar-refractivity contribution in [2.45, 2.75) is 64.6 Å². The Morgan fingerprint density at radius 2 is 1.86 bits per heavy atom. The van der Waals surface area contributed by atoms with Crippen LogP contribution >= 0.6 is 11.3 Å². The number of aromatic nitrogens is 2. The molecule has 2 aromatic carbocycles. The number of ether oxygens (including phenoxy) is 1. The van der Waals surface area contributed by atoms with Gasteiger partial charge in [0.1, 0.15) is 17.9 Å². The molecule has 43 heavy (non-hydrogen) atoms. The molecule has 2 saturated heterocycles. The highest BCUT2D eigenvalue weighted by molar-refractivity contribution is 7.08. The number of benzene rings is 2. The second kappa shape index (κ2) is 12.0. The number of amides is 2. The van der Waals surface area contributed by atoms with Crippen molar-refractivity contribution in [2.75, 3.05) is 25.0 Å². The smallest absolute Gasteiger partial charge is 0.407 e. The van der Waals surface area contributed by atoms with Crippen LogP contribution in [0.15, 0.2) is 59.3 Å². The maximum absolute atomic E-state index is 13.5. The molecule has 10 heteroatoms. The van der Waals surface area contributed by atoms with Gasteiger partial charge in [-0.3, -0.25) is 14.8 Å². The molecule has 2 aromatic heterocycles. The number of piperidine rings is 1. The van der Waals surface area contributed by atoms with Crippen LogP contribution in [0.25, 0.3) is 22.2 Å². The first-order valence-electron chi connectivity index (χ1n) is 15.0. The third-order valence-corrected chi connectivity index (χ3v) is 9.38. The van der Waals surface area contributed by atoms with Crippen LogP contribution in [0, 0.1) is 5.41 Å². The third-order valence-electron chi connectivity index (χ3n) is 8.67. The van der Waals surface area contributed by atoms with Crippen LogP contribution in [0.1, 0.15) is 58.1 Å². The Hall–Kier alpha value is -3.89. The molecule has 2 aliphatic heterocycles. The van der Waals surface area contributed by atoms with E-state index in [0.29, 0.717) is 19.4 Å². The predicted molar refractivity (Wildman–Crippen MR) is 170 cm³/mol. The monoisotopic (exact) mass is 601 g/mol. The van der Waals surface area contributed by atoms with E-state index in [4.69, 9.17) is 4.74 Å². The number of nitrogens with zero attached hydrogens (tertiary/aromatic N) is 3. The number of nitrogens with one attached hydrogen (secondary N) is 2. The number of hydrogen-bond donors (Lipinski definition) is 3. The van der Waals surface area contributed by atoms with Gasteiger partial charge in [0, 0.05) is 42.1 Å². The second-order valence-corrected chi connectivity index (χ2v) is 13.5. The molecule has 3 unspecified atom stereocenters. The van der Waals surface area contributed by atoms with Crippen molar-refractivity contribution in [2.24, 2.45) is 5.41 Å². The lowest BCUT2D eigenvalue weighted by Crippen LogP contribution is -2.53. The van der Waals surface area contributed by atoms with Crippen LogP contribution < -0.4 is 10.1 Å². The van der Waals surface area contributed by atoms with E-state index in [9.17, 15) is 14.7 Å². The Bertz CT molecular complexity index is 1570.